The first-order valence-electron chi connectivity index (χ1n) is 6.96. The summed E-state index contributed by atoms with van der Waals surface area (Å²) in [7, 11) is 0. The van der Waals surface area contributed by atoms with E-state index < -0.39 is 0 Å². The van der Waals surface area contributed by atoms with Gasteiger partial charge in [-0.2, -0.15) is 0 Å². The lowest BCUT2D eigenvalue weighted by Crippen LogP contribution is -2.45. The highest BCUT2D eigenvalue weighted by Gasteiger charge is 2.24. The van der Waals surface area contributed by atoms with Crippen molar-refractivity contribution >= 4 is 17.3 Å². The Labute approximate surface area is 115 Å². The van der Waals surface area contributed by atoms with Gasteiger partial charge < -0.3 is 11.1 Å². The van der Waals surface area contributed by atoms with Gasteiger partial charge in [0.1, 0.15) is 0 Å². The van der Waals surface area contributed by atoms with E-state index in [1.54, 1.807) is 12.1 Å². The standard InChI is InChI=1S/C15H23N3O/c1-11-7-9-18(10-8-11)12(2)15(19)17-14-5-3-13(16)4-6-14/h3-6,11-12H,7-10,16H2,1-2H3,(H,17,19). The maximum atomic E-state index is 12.2. The quantitative estimate of drug-likeness (QED) is 0.821. The fourth-order valence-electron chi connectivity index (χ4n) is 2.39. The van der Waals surface area contributed by atoms with E-state index in [-0.39, 0.29) is 11.9 Å². The van der Waals surface area contributed by atoms with Crippen LogP contribution in [0.4, 0.5) is 11.4 Å². The molecule has 1 aliphatic rings. The lowest BCUT2D eigenvalue weighted by atomic mass is 9.98. The zero-order valence-corrected chi connectivity index (χ0v) is 11.7. The molecule has 1 fully saturated rings. The molecule has 104 valence electrons. The first-order chi connectivity index (χ1) is 9.06. The molecule has 1 aromatic rings. The molecule has 2 rings (SSSR count). The highest BCUT2D eigenvalue weighted by atomic mass is 16.2. The minimum atomic E-state index is -0.0787. The van der Waals surface area contributed by atoms with Crippen LogP contribution < -0.4 is 11.1 Å². The van der Waals surface area contributed by atoms with Crippen LogP contribution in [0.2, 0.25) is 0 Å². The van der Waals surface area contributed by atoms with Crippen molar-refractivity contribution in [2.75, 3.05) is 24.1 Å². The van der Waals surface area contributed by atoms with Gasteiger partial charge in [0, 0.05) is 11.4 Å². The second-order valence-electron chi connectivity index (χ2n) is 5.51. The summed E-state index contributed by atoms with van der Waals surface area (Å²) >= 11 is 0. The van der Waals surface area contributed by atoms with Crippen molar-refractivity contribution in [1.82, 2.24) is 4.90 Å². The van der Waals surface area contributed by atoms with Gasteiger partial charge in [-0.3, -0.25) is 9.69 Å². The number of nitrogens with one attached hydrogen (secondary N) is 1. The monoisotopic (exact) mass is 261 g/mol. The molecule has 19 heavy (non-hydrogen) atoms. The highest BCUT2D eigenvalue weighted by molar-refractivity contribution is 5.94. The SMILES string of the molecule is CC1CCN(C(C)C(=O)Nc2ccc(N)cc2)CC1. The van der Waals surface area contributed by atoms with Gasteiger partial charge in [-0.15, -0.1) is 0 Å². The lowest BCUT2D eigenvalue weighted by Gasteiger charge is -2.34. The van der Waals surface area contributed by atoms with Crippen LogP contribution in [0.3, 0.4) is 0 Å². The third-order valence-electron chi connectivity index (χ3n) is 3.92. The number of hydrogen-bond donors (Lipinski definition) is 2. The van der Waals surface area contributed by atoms with Crippen LogP contribution in [0, 0.1) is 5.92 Å². The largest absolute Gasteiger partial charge is 0.399 e. The van der Waals surface area contributed by atoms with Crippen molar-refractivity contribution < 1.29 is 4.79 Å². The number of nitrogen functional groups attached to an aromatic ring is 1. The fourth-order valence-corrected chi connectivity index (χ4v) is 2.39. The molecule has 1 aliphatic heterocycles. The maximum Gasteiger partial charge on any atom is 0.241 e. The molecular formula is C15H23N3O. The summed E-state index contributed by atoms with van der Waals surface area (Å²) < 4.78 is 0. The third-order valence-corrected chi connectivity index (χ3v) is 3.92. The molecular weight excluding hydrogens is 238 g/mol. The van der Waals surface area contributed by atoms with Crippen LogP contribution in [0.25, 0.3) is 0 Å². The Bertz CT molecular complexity index is 422. The van der Waals surface area contributed by atoms with Crippen LogP contribution in [0.5, 0.6) is 0 Å². The number of rotatable bonds is 3. The Morgan fingerprint density at radius 3 is 2.47 bits per heavy atom. The van der Waals surface area contributed by atoms with Crippen molar-refractivity contribution in [3.63, 3.8) is 0 Å². The number of likely N-dealkylation sites (tertiary alicyclic amines) is 1. The van der Waals surface area contributed by atoms with Gasteiger partial charge >= 0.3 is 0 Å². The van der Waals surface area contributed by atoms with E-state index in [9.17, 15) is 4.79 Å². The normalized spacial score (nSPS) is 19.1. The van der Waals surface area contributed by atoms with Crippen molar-refractivity contribution in [3.8, 4) is 0 Å². The van der Waals surface area contributed by atoms with Crippen LogP contribution in [0.15, 0.2) is 24.3 Å². The number of nitrogens with zero attached hydrogens (tertiary/aromatic N) is 1. The molecule has 1 unspecified atom stereocenters. The number of hydrogen-bond acceptors (Lipinski definition) is 3. The maximum absolute atomic E-state index is 12.2. The van der Waals surface area contributed by atoms with E-state index in [0.717, 1.165) is 24.7 Å². The molecule has 0 radical (unpaired) electrons. The van der Waals surface area contributed by atoms with Gasteiger partial charge in [0.25, 0.3) is 0 Å². The predicted octanol–water partition coefficient (Wildman–Crippen LogP) is 2.33. The zero-order valence-electron chi connectivity index (χ0n) is 11.7. The second-order valence-corrected chi connectivity index (χ2v) is 5.51. The molecule has 4 nitrogen and oxygen atoms in total. The summed E-state index contributed by atoms with van der Waals surface area (Å²) in [4.78, 5) is 14.5. The van der Waals surface area contributed by atoms with Crippen LogP contribution >= 0.6 is 0 Å². The van der Waals surface area contributed by atoms with Gasteiger partial charge in [-0.25, -0.2) is 0 Å². The van der Waals surface area contributed by atoms with Crippen LogP contribution in [-0.4, -0.2) is 29.9 Å². The summed E-state index contributed by atoms with van der Waals surface area (Å²) in [6, 6.07) is 7.17. The molecule has 1 heterocycles. The number of carbonyl (C=O) groups is 1. The third kappa shape index (κ3) is 3.70. The molecule has 1 amide bonds. The number of anilines is 2. The van der Waals surface area contributed by atoms with E-state index in [4.69, 9.17) is 5.73 Å². The lowest BCUT2D eigenvalue weighted by molar-refractivity contribution is -0.121. The van der Waals surface area contributed by atoms with Gasteiger partial charge in [0.15, 0.2) is 0 Å². The van der Waals surface area contributed by atoms with E-state index >= 15 is 0 Å². The van der Waals surface area contributed by atoms with Gasteiger partial charge in [0.05, 0.1) is 6.04 Å². The number of amides is 1. The fraction of sp³-hybridized carbons (Fsp3) is 0.533. The topological polar surface area (TPSA) is 58.4 Å². The van der Waals surface area contributed by atoms with Crippen molar-refractivity contribution in [3.05, 3.63) is 24.3 Å². The minimum Gasteiger partial charge on any atom is -0.399 e. The number of piperidine rings is 1. The van der Waals surface area contributed by atoms with Crippen LogP contribution in [-0.2, 0) is 4.79 Å². The smallest absolute Gasteiger partial charge is 0.241 e. The molecule has 0 bridgehead atoms. The Balaban J connectivity index is 1.90. The van der Waals surface area contributed by atoms with E-state index in [1.807, 2.05) is 19.1 Å². The Hall–Kier alpha value is -1.55. The first kappa shape index (κ1) is 13.9. The van der Waals surface area contributed by atoms with Gasteiger partial charge in [-0.1, -0.05) is 6.92 Å². The Kier molecular flexibility index (Phi) is 4.43. The average molecular weight is 261 g/mol. The molecule has 4 heteroatoms. The van der Waals surface area contributed by atoms with Crippen molar-refractivity contribution in [2.45, 2.75) is 32.7 Å². The number of nitrogens with two attached hydrogens (primary N) is 1. The molecule has 3 N–H and O–H groups in total. The molecule has 0 aliphatic carbocycles. The predicted molar refractivity (Wildman–Crippen MR) is 78.9 cm³/mol. The molecule has 0 aromatic heterocycles. The number of carbonyl (C=O) groups excluding carboxylic acids is 1. The average Bonchev–Trinajstić information content (AvgIpc) is 2.41. The Morgan fingerprint density at radius 2 is 1.89 bits per heavy atom. The summed E-state index contributed by atoms with van der Waals surface area (Å²) in [5, 5.41) is 2.94. The van der Waals surface area contributed by atoms with Gasteiger partial charge in [-0.05, 0) is 63.0 Å². The zero-order chi connectivity index (χ0) is 13.8. The van der Waals surface area contributed by atoms with Crippen LogP contribution in [0.1, 0.15) is 26.7 Å². The second kappa shape index (κ2) is 6.06. The van der Waals surface area contributed by atoms with Crippen molar-refractivity contribution in [1.29, 1.82) is 0 Å². The van der Waals surface area contributed by atoms with E-state index in [1.165, 1.54) is 12.8 Å². The first-order valence-corrected chi connectivity index (χ1v) is 6.96. The summed E-state index contributed by atoms with van der Waals surface area (Å²) in [5.41, 5.74) is 7.13. The van der Waals surface area contributed by atoms with E-state index in [0.29, 0.717) is 5.69 Å². The molecule has 1 atom stereocenters. The van der Waals surface area contributed by atoms with E-state index in [2.05, 4.69) is 17.1 Å². The van der Waals surface area contributed by atoms with Gasteiger partial charge in [0.2, 0.25) is 5.91 Å². The molecule has 1 saturated heterocycles. The summed E-state index contributed by atoms with van der Waals surface area (Å²) in [5.74, 6) is 0.836. The highest BCUT2D eigenvalue weighted by Crippen LogP contribution is 2.19. The molecule has 0 spiro atoms. The molecule has 0 saturated carbocycles. The summed E-state index contributed by atoms with van der Waals surface area (Å²) in [6.45, 7) is 6.27. The minimum absolute atomic E-state index is 0.0549. The summed E-state index contributed by atoms with van der Waals surface area (Å²) in [6.07, 6.45) is 2.36. The van der Waals surface area contributed by atoms with Crippen molar-refractivity contribution in [2.24, 2.45) is 5.92 Å². The number of benzene rings is 1. The Morgan fingerprint density at radius 1 is 1.32 bits per heavy atom. The molecule has 1 aromatic carbocycles.